The number of fused-ring (bicyclic) bond motifs is 1. The number of aliphatic hydroxyl groups is 1. The first-order chi connectivity index (χ1) is 13.5. The lowest BCUT2D eigenvalue weighted by atomic mass is 9.85. The van der Waals surface area contributed by atoms with Gasteiger partial charge in [0.15, 0.2) is 0 Å². The number of anilines is 3. The number of methoxy groups -OCH3 is 1. The molecule has 7 nitrogen and oxygen atoms in total. The van der Waals surface area contributed by atoms with E-state index in [0.29, 0.717) is 29.0 Å². The van der Waals surface area contributed by atoms with Gasteiger partial charge in [-0.1, -0.05) is 18.5 Å². The van der Waals surface area contributed by atoms with Gasteiger partial charge in [0.25, 0.3) is 0 Å². The van der Waals surface area contributed by atoms with Gasteiger partial charge in [-0.15, -0.1) is 0 Å². The highest BCUT2D eigenvalue weighted by atomic mass is 35.5. The summed E-state index contributed by atoms with van der Waals surface area (Å²) in [7, 11) is 1.58. The van der Waals surface area contributed by atoms with Gasteiger partial charge in [-0.05, 0) is 24.3 Å². The van der Waals surface area contributed by atoms with Crippen molar-refractivity contribution in [3.8, 4) is 17.0 Å². The number of rotatable bonds is 5. The van der Waals surface area contributed by atoms with Crippen LogP contribution in [0.3, 0.4) is 0 Å². The third-order valence-electron chi connectivity index (χ3n) is 4.89. The average molecular weight is 398 g/mol. The number of nitrogens with zero attached hydrogens (tertiary/aromatic N) is 3. The molecule has 2 aromatic heterocycles. The first kappa shape index (κ1) is 18.5. The minimum Gasteiger partial charge on any atom is -0.495 e. The maximum absolute atomic E-state index is 9.79. The predicted molar refractivity (Wildman–Crippen MR) is 109 cm³/mol. The van der Waals surface area contributed by atoms with Gasteiger partial charge in [0.1, 0.15) is 11.6 Å². The molecule has 0 fully saturated rings. The van der Waals surface area contributed by atoms with Crippen LogP contribution in [0.5, 0.6) is 5.75 Å². The van der Waals surface area contributed by atoms with Crippen LogP contribution in [0.2, 0.25) is 5.02 Å². The van der Waals surface area contributed by atoms with Crippen molar-refractivity contribution in [3.05, 3.63) is 53.3 Å². The van der Waals surface area contributed by atoms with Crippen molar-refractivity contribution in [2.45, 2.75) is 12.3 Å². The highest BCUT2D eigenvalue weighted by Crippen LogP contribution is 2.37. The van der Waals surface area contributed by atoms with Crippen LogP contribution in [0.15, 0.2) is 42.7 Å². The van der Waals surface area contributed by atoms with Gasteiger partial charge in [0, 0.05) is 46.6 Å². The van der Waals surface area contributed by atoms with Crippen LogP contribution < -0.4 is 15.4 Å². The van der Waals surface area contributed by atoms with Gasteiger partial charge in [0.05, 0.1) is 25.1 Å². The minimum atomic E-state index is -0.358. The molecule has 0 spiro atoms. The van der Waals surface area contributed by atoms with Gasteiger partial charge in [-0.3, -0.25) is 0 Å². The van der Waals surface area contributed by atoms with Crippen molar-refractivity contribution < 1.29 is 9.84 Å². The molecule has 1 aliphatic heterocycles. The molecule has 8 heteroatoms. The lowest BCUT2D eigenvalue weighted by molar-refractivity contribution is 0.218. The molecular weight excluding hydrogens is 378 g/mol. The van der Waals surface area contributed by atoms with Crippen molar-refractivity contribution in [2.75, 3.05) is 30.9 Å². The standard InChI is InChI=1S/C20H20ClN5O2/c1-20(11-27)10-24-18-14(20)7-12(9-23-18)15-5-6-22-19(25-15)26-16-4-3-13(21)8-17(16)28-2/h3-9,27H,10-11H2,1-2H3,(H,23,24)(H,22,25,26). The van der Waals surface area contributed by atoms with E-state index < -0.39 is 0 Å². The number of ether oxygens (including phenoxy) is 1. The number of pyridine rings is 1. The van der Waals surface area contributed by atoms with Crippen LogP contribution in [-0.4, -0.2) is 40.3 Å². The number of benzene rings is 1. The molecule has 0 saturated carbocycles. The summed E-state index contributed by atoms with van der Waals surface area (Å²) in [6.45, 7) is 2.71. The van der Waals surface area contributed by atoms with E-state index in [2.05, 4.69) is 25.6 Å². The number of aromatic nitrogens is 3. The van der Waals surface area contributed by atoms with Crippen molar-refractivity contribution in [1.82, 2.24) is 15.0 Å². The number of hydrogen-bond acceptors (Lipinski definition) is 7. The minimum absolute atomic E-state index is 0.0467. The molecule has 1 atom stereocenters. The Balaban J connectivity index is 1.66. The Kier molecular flexibility index (Phi) is 4.78. The van der Waals surface area contributed by atoms with Crippen LogP contribution in [0, 0.1) is 0 Å². The first-order valence-corrected chi connectivity index (χ1v) is 9.19. The van der Waals surface area contributed by atoms with E-state index in [-0.39, 0.29) is 12.0 Å². The first-order valence-electron chi connectivity index (χ1n) is 8.82. The Hall–Kier alpha value is -2.90. The SMILES string of the molecule is COc1cc(Cl)ccc1Nc1nccc(-c2cnc3c(c2)C(C)(CO)CN3)n1. The fourth-order valence-electron chi connectivity index (χ4n) is 3.19. The van der Waals surface area contributed by atoms with E-state index in [4.69, 9.17) is 16.3 Å². The zero-order chi connectivity index (χ0) is 19.7. The Labute approximate surface area is 167 Å². The van der Waals surface area contributed by atoms with Gasteiger partial charge in [-0.25, -0.2) is 15.0 Å². The number of nitrogens with one attached hydrogen (secondary N) is 2. The summed E-state index contributed by atoms with van der Waals surface area (Å²) in [4.78, 5) is 13.4. The van der Waals surface area contributed by atoms with Crippen molar-refractivity contribution in [2.24, 2.45) is 0 Å². The average Bonchev–Trinajstić information content (AvgIpc) is 3.06. The molecule has 0 aliphatic carbocycles. The topological polar surface area (TPSA) is 92.2 Å². The second-order valence-electron chi connectivity index (χ2n) is 6.93. The summed E-state index contributed by atoms with van der Waals surface area (Å²) < 4.78 is 5.36. The second kappa shape index (κ2) is 7.26. The molecule has 0 radical (unpaired) electrons. The Morgan fingerprint density at radius 1 is 1.29 bits per heavy atom. The summed E-state index contributed by atoms with van der Waals surface area (Å²) in [5, 5.41) is 16.8. The molecule has 3 aromatic rings. The summed E-state index contributed by atoms with van der Waals surface area (Å²) in [6.07, 6.45) is 3.45. The van der Waals surface area contributed by atoms with Gasteiger partial charge >= 0.3 is 0 Å². The molecule has 3 N–H and O–H groups in total. The normalized spacial score (nSPS) is 17.7. The number of hydrogen-bond donors (Lipinski definition) is 3. The molecule has 4 rings (SSSR count). The number of aliphatic hydroxyl groups excluding tert-OH is 1. The van der Waals surface area contributed by atoms with Crippen molar-refractivity contribution in [3.63, 3.8) is 0 Å². The Bertz CT molecular complexity index is 1030. The van der Waals surface area contributed by atoms with E-state index >= 15 is 0 Å². The highest BCUT2D eigenvalue weighted by Gasteiger charge is 2.35. The molecule has 28 heavy (non-hydrogen) atoms. The molecule has 0 amide bonds. The third-order valence-corrected chi connectivity index (χ3v) is 5.13. The van der Waals surface area contributed by atoms with Crippen molar-refractivity contribution >= 4 is 29.1 Å². The molecule has 1 aromatic carbocycles. The van der Waals surface area contributed by atoms with E-state index in [9.17, 15) is 5.11 Å². The summed E-state index contributed by atoms with van der Waals surface area (Å²) >= 11 is 6.02. The molecule has 0 saturated heterocycles. The van der Waals surface area contributed by atoms with E-state index in [0.717, 1.165) is 22.6 Å². The number of halogens is 1. The summed E-state index contributed by atoms with van der Waals surface area (Å²) in [6, 6.07) is 9.15. The maximum Gasteiger partial charge on any atom is 0.227 e. The Morgan fingerprint density at radius 3 is 2.93 bits per heavy atom. The van der Waals surface area contributed by atoms with Crippen LogP contribution in [0.1, 0.15) is 12.5 Å². The highest BCUT2D eigenvalue weighted by molar-refractivity contribution is 6.30. The van der Waals surface area contributed by atoms with Crippen LogP contribution in [-0.2, 0) is 5.41 Å². The Morgan fingerprint density at radius 2 is 2.14 bits per heavy atom. The monoisotopic (exact) mass is 397 g/mol. The van der Waals surface area contributed by atoms with Crippen molar-refractivity contribution in [1.29, 1.82) is 0 Å². The molecule has 1 unspecified atom stereocenters. The molecule has 1 aliphatic rings. The maximum atomic E-state index is 9.79. The zero-order valence-corrected chi connectivity index (χ0v) is 16.3. The lowest BCUT2D eigenvalue weighted by Gasteiger charge is -2.20. The quantitative estimate of drug-likeness (QED) is 0.605. The molecule has 0 bridgehead atoms. The summed E-state index contributed by atoms with van der Waals surface area (Å²) in [5.41, 5.74) is 2.93. The van der Waals surface area contributed by atoms with Crippen LogP contribution in [0.4, 0.5) is 17.5 Å². The van der Waals surface area contributed by atoms with Crippen LogP contribution >= 0.6 is 11.6 Å². The van der Waals surface area contributed by atoms with E-state index in [1.54, 1.807) is 31.6 Å². The van der Waals surface area contributed by atoms with Gasteiger partial charge < -0.3 is 20.5 Å². The van der Waals surface area contributed by atoms with Gasteiger partial charge in [-0.2, -0.15) is 0 Å². The molecule has 3 heterocycles. The predicted octanol–water partition coefficient (Wildman–Crippen LogP) is 3.62. The molecular formula is C20H20ClN5O2. The van der Waals surface area contributed by atoms with Gasteiger partial charge in [0.2, 0.25) is 5.95 Å². The smallest absolute Gasteiger partial charge is 0.227 e. The third kappa shape index (κ3) is 3.34. The molecule has 144 valence electrons. The largest absolute Gasteiger partial charge is 0.495 e. The fraction of sp³-hybridized carbons (Fsp3) is 0.250. The lowest BCUT2D eigenvalue weighted by Crippen LogP contribution is -2.28. The van der Waals surface area contributed by atoms with E-state index in [1.165, 1.54) is 0 Å². The van der Waals surface area contributed by atoms with Crippen LogP contribution in [0.25, 0.3) is 11.3 Å². The van der Waals surface area contributed by atoms with E-state index in [1.807, 2.05) is 25.1 Å². The fourth-order valence-corrected chi connectivity index (χ4v) is 3.35. The summed E-state index contributed by atoms with van der Waals surface area (Å²) in [5.74, 6) is 1.84. The zero-order valence-electron chi connectivity index (χ0n) is 15.5. The second-order valence-corrected chi connectivity index (χ2v) is 7.36.